The summed E-state index contributed by atoms with van der Waals surface area (Å²) in [5.41, 5.74) is 4.87. The molecule has 0 radical (unpaired) electrons. The van der Waals surface area contributed by atoms with Crippen molar-refractivity contribution in [1.29, 1.82) is 5.26 Å². The van der Waals surface area contributed by atoms with Crippen molar-refractivity contribution in [2.45, 2.75) is 6.42 Å². The Morgan fingerprint density at radius 3 is 2.81 bits per heavy atom. The van der Waals surface area contributed by atoms with Crippen molar-refractivity contribution >= 4 is 49.8 Å². The lowest BCUT2D eigenvalue weighted by Gasteiger charge is -2.13. The number of rotatable bonds is 4. The molecule has 27 heavy (non-hydrogen) atoms. The van der Waals surface area contributed by atoms with Gasteiger partial charge in [0.1, 0.15) is 6.07 Å². The minimum Gasteiger partial charge on any atom is -0.472 e. The van der Waals surface area contributed by atoms with E-state index in [4.69, 9.17) is 16.0 Å². The number of nitrogens with one attached hydrogen (secondary N) is 1. The summed E-state index contributed by atoms with van der Waals surface area (Å²) in [6.07, 6.45) is 5.63. The number of aromatic nitrogens is 1. The van der Waals surface area contributed by atoms with Gasteiger partial charge in [-0.15, -0.1) is 0 Å². The SMILES string of the molecule is N#Cc1cnc2cc(Br)ccc2c1Nc1ccc(Cc2ccoc2)c(Cl)c1. The molecular formula is C21H13BrClN3O. The molecular weight excluding hydrogens is 426 g/mol. The van der Waals surface area contributed by atoms with Crippen LogP contribution in [0, 0.1) is 11.3 Å². The number of halogens is 2. The van der Waals surface area contributed by atoms with Gasteiger partial charge in [-0.2, -0.15) is 5.26 Å². The van der Waals surface area contributed by atoms with Crippen molar-refractivity contribution in [2.75, 3.05) is 5.32 Å². The molecule has 0 bridgehead atoms. The smallest absolute Gasteiger partial charge is 0.103 e. The molecule has 4 nitrogen and oxygen atoms in total. The summed E-state index contributed by atoms with van der Waals surface area (Å²) in [7, 11) is 0. The van der Waals surface area contributed by atoms with Gasteiger partial charge in [0.05, 0.1) is 29.3 Å². The maximum atomic E-state index is 9.48. The molecule has 4 rings (SSSR count). The summed E-state index contributed by atoms with van der Waals surface area (Å²) in [4.78, 5) is 4.36. The predicted molar refractivity (Wildman–Crippen MR) is 110 cm³/mol. The van der Waals surface area contributed by atoms with Gasteiger partial charge < -0.3 is 9.73 Å². The van der Waals surface area contributed by atoms with Crippen LogP contribution in [0.15, 0.2) is 70.1 Å². The third kappa shape index (κ3) is 3.68. The molecule has 6 heteroatoms. The number of furan rings is 1. The highest BCUT2D eigenvalue weighted by Crippen LogP contribution is 2.32. The Labute approximate surface area is 169 Å². The number of hydrogen-bond donors (Lipinski definition) is 1. The van der Waals surface area contributed by atoms with Gasteiger partial charge in [0.25, 0.3) is 0 Å². The Hall–Kier alpha value is -2.81. The number of hydrogen-bond acceptors (Lipinski definition) is 4. The average molecular weight is 439 g/mol. The fourth-order valence-corrected chi connectivity index (χ4v) is 3.51. The number of anilines is 2. The molecule has 0 amide bonds. The van der Waals surface area contributed by atoms with Gasteiger partial charge >= 0.3 is 0 Å². The molecule has 0 aliphatic heterocycles. The van der Waals surface area contributed by atoms with Crippen LogP contribution in [0.1, 0.15) is 16.7 Å². The Kier molecular flexibility index (Phi) is 4.85. The second kappa shape index (κ2) is 7.43. The van der Waals surface area contributed by atoms with Crippen molar-refractivity contribution in [2.24, 2.45) is 0 Å². The minimum absolute atomic E-state index is 0.475. The Bertz CT molecular complexity index is 1170. The average Bonchev–Trinajstić information content (AvgIpc) is 3.17. The maximum Gasteiger partial charge on any atom is 0.103 e. The highest BCUT2D eigenvalue weighted by Gasteiger charge is 2.11. The van der Waals surface area contributed by atoms with E-state index in [9.17, 15) is 5.26 Å². The molecule has 0 fully saturated rings. The summed E-state index contributed by atoms with van der Waals surface area (Å²) in [5.74, 6) is 0. The molecule has 0 unspecified atom stereocenters. The molecule has 0 aliphatic carbocycles. The Morgan fingerprint density at radius 1 is 1.19 bits per heavy atom. The fraction of sp³-hybridized carbons (Fsp3) is 0.0476. The molecule has 0 spiro atoms. The molecule has 0 atom stereocenters. The van der Waals surface area contributed by atoms with E-state index in [1.54, 1.807) is 18.7 Å². The first-order chi connectivity index (χ1) is 13.1. The van der Waals surface area contributed by atoms with Crippen LogP contribution in [0.25, 0.3) is 10.9 Å². The second-order valence-corrected chi connectivity index (χ2v) is 7.38. The zero-order valence-electron chi connectivity index (χ0n) is 14.0. The Morgan fingerprint density at radius 2 is 2.07 bits per heavy atom. The number of fused-ring (bicyclic) bond motifs is 1. The number of pyridine rings is 1. The van der Waals surface area contributed by atoms with E-state index in [0.29, 0.717) is 22.7 Å². The van der Waals surface area contributed by atoms with Gasteiger partial charge in [-0.1, -0.05) is 33.6 Å². The van der Waals surface area contributed by atoms with Crippen LogP contribution in [0.3, 0.4) is 0 Å². The molecule has 2 aromatic heterocycles. The van der Waals surface area contributed by atoms with E-state index in [0.717, 1.165) is 32.2 Å². The zero-order chi connectivity index (χ0) is 18.8. The van der Waals surface area contributed by atoms with Crippen molar-refractivity contribution in [3.8, 4) is 6.07 Å². The first-order valence-corrected chi connectivity index (χ1v) is 9.36. The van der Waals surface area contributed by atoms with Crippen molar-refractivity contribution in [1.82, 2.24) is 4.98 Å². The van der Waals surface area contributed by atoms with Crippen LogP contribution in [0.4, 0.5) is 11.4 Å². The molecule has 2 aromatic carbocycles. The largest absolute Gasteiger partial charge is 0.472 e. The monoisotopic (exact) mass is 437 g/mol. The normalized spacial score (nSPS) is 10.7. The number of nitrogens with zero attached hydrogens (tertiary/aromatic N) is 2. The van der Waals surface area contributed by atoms with Gasteiger partial charge in [-0.3, -0.25) is 4.98 Å². The molecule has 0 saturated carbocycles. The number of nitriles is 1. The van der Waals surface area contributed by atoms with Crippen LogP contribution < -0.4 is 5.32 Å². The van der Waals surface area contributed by atoms with Crippen molar-refractivity contribution in [3.05, 3.63) is 87.4 Å². The van der Waals surface area contributed by atoms with Gasteiger partial charge in [-0.25, -0.2) is 0 Å². The van der Waals surface area contributed by atoms with E-state index in [1.165, 1.54) is 0 Å². The second-order valence-electron chi connectivity index (χ2n) is 6.06. The highest BCUT2D eigenvalue weighted by molar-refractivity contribution is 9.10. The highest BCUT2D eigenvalue weighted by atomic mass is 79.9. The predicted octanol–water partition coefficient (Wildman–Crippen LogP) is 6.45. The molecule has 1 N–H and O–H groups in total. The molecule has 2 heterocycles. The van der Waals surface area contributed by atoms with Gasteiger partial charge in [-0.05, 0) is 47.5 Å². The lowest BCUT2D eigenvalue weighted by Crippen LogP contribution is -1.98. The number of benzene rings is 2. The topological polar surface area (TPSA) is 61.9 Å². The van der Waals surface area contributed by atoms with Crippen LogP contribution in [0.2, 0.25) is 5.02 Å². The quantitative estimate of drug-likeness (QED) is 0.398. The third-order valence-electron chi connectivity index (χ3n) is 4.25. The molecule has 132 valence electrons. The van der Waals surface area contributed by atoms with Gasteiger partial charge in [0.15, 0.2) is 0 Å². The minimum atomic E-state index is 0.475. The van der Waals surface area contributed by atoms with Crippen LogP contribution in [-0.4, -0.2) is 4.98 Å². The van der Waals surface area contributed by atoms with Crippen LogP contribution >= 0.6 is 27.5 Å². The Balaban J connectivity index is 1.70. The van der Waals surface area contributed by atoms with E-state index in [-0.39, 0.29) is 0 Å². The first-order valence-electron chi connectivity index (χ1n) is 8.19. The van der Waals surface area contributed by atoms with Crippen molar-refractivity contribution in [3.63, 3.8) is 0 Å². The summed E-state index contributed by atoms with van der Waals surface area (Å²) in [6, 6.07) is 15.7. The third-order valence-corrected chi connectivity index (χ3v) is 5.09. The lowest BCUT2D eigenvalue weighted by atomic mass is 10.1. The van der Waals surface area contributed by atoms with Gasteiger partial charge in [0.2, 0.25) is 0 Å². The summed E-state index contributed by atoms with van der Waals surface area (Å²) in [6.45, 7) is 0. The molecule has 4 aromatic rings. The van der Waals surface area contributed by atoms with Crippen molar-refractivity contribution < 1.29 is 4.42 Å². The van der Waals surface area contributed by atoms with E-state index < -0.39 is 0 Å². The standard InChI is InChI=1S/C21H13BrClN3O/c22-16-2-4-18-20(8-16)25-11-15(10-24)21(18)26-17-3-1-14(19(23)9-17)7-13-5-6-27-12-13/h1-6,8-9,11-12H,7H2,(H,25,26). The lowest BCUT2D eigenvalue weighted by molar-refractivity contribution is 0.564. The maximum absolute atomic E-state index is 9.48. The summed E-state index contributed by atoms with van der Waals surface area (Å²) >= 11 is 9.92. The van der Waals surface area contributed by atoms with E-state index in [2.05, 4.69) is 32.3 Å². The fourth-order valence-electron chi connectivity index (χ4n) is 2.91. The van der Waals surface area contributed by atoms with Crippen LogP contribution in [-0.2, 0) is 6.42 Å². The van der Waals surface area contributed by atoms with Crippen LogP contribution in [0.5, 0.6) is 0 Å². The van der Waals surface area contributed by atoms with E-state index in [1.807, 2.05) is 42.5 Å². The van der Waals surface area contributed by atoms with E-state index >= 15 is 0 Å². The molecule has 0 saturated heterocycles. The first kappa shape index (κ1) is 17.6. The zero-order valence-corrected chi connectivity index (χ0v) is 16.4. The summed E-state index contributed by atoms with van der Waals surface area (Å²) in [5, 5.41) is 14.3. The van der Waals surface area contributed by atoms with Gasteiger partial charge in [0, 0.05) is 33.2 Å². The molecule has 0 aliphatic rings. The summed E-state index contributed by atoms with van der Waals surface area (Å²) < 4.78 is 6.04.